The minimum Gasteiger partial charge on any atom is -0.396 e. The molecule has 1 unspecified atom stereocenters. The number of piperazine rings is 1. The Morgan fingerprint density at radius 2 is 1.96 bits per heavy atom. The Hall–Kier alpha value is -1.76. The summed E-state index contributed by atoms with van der Waals surface area (Å²) in [6, 6.07) is 6.77. The van der Waals surface area contributed by atoms with Crippen LogP contribution in [0.25, 0.3) is 10.9 Å². The number of aliphatic hydroxyl groups excluding tert-OH is 1. The van der Waals surface area contributed by atoms with Gasteiger partial charge in [0.25, 0.3) is 5.56 Å². The molecule has 1 aliphatic rings. The fourth-order valence-electron chi connectivity index (χ4n) is 4.50. The molecule has 2 heterocycles. The van der Waals surface area contributed by atoms with Gasteiger partial charge in [0.15, 0.2) is 0 Å². The monoisotopic (exact) mass is 386 g/mol. The zero-order valence-corrected chi connectivity index (χ0v) is 17.6. The van der Waals surface area contributed by atoms with Crippen molar-refractivity contribution in [2.24, 2.45) is 0 Å². The number of nitrogens with zero attached hydrogens (tertiary/aromatic N) is 3. The Kier molecular flexibility index (Phi) is 6.86. The van der Waals surface area contributed by atoms with E-state index in [9.17, 15) is 9.90 Å². The Labute approximate surface area is 167 Å². The molecule has 1 aromatic heterocycles. The fourth-order valence-corrected chi connectivity index (χ4v) is 4.50. The number of hydrogen-bond donors (Lipinski definition) is 2. The third-order valence-electron chi connectivity index (χ3n) is 5.65. The van der Waals surface area contributed by atoms with Crippen LogP contribution < -0.4 is 10.9 Å². The summed E-state index contributed by atoms with van der Waals surface area (Å²) in [6.07, 6.45) is 2.59. The molecule has 2 aromatic rings. The van der Waals surface area contributed by atoms with E-state index in [2.05, 4.69) is 31.0 Å². The van der Waals surface area contributed by atoms with Crippen molar-refractivity contribution in [1.29, 1.82) is 0 Å². The van der Waals surface area contributed by atoms with Crippen LogP contribution in [-0.4, -0.2) is 51.3 Å². The van der Waals surface area contributed by atoms with E-state index in [1.165, 1.54) is 0 Å². The highest BCUT2D eigenvalue weighted by atomic mass is 16.3. The number of aromatic nitrogens is 2. The highest BCUT2D eigenvalue weighted by molar-refractivity contribution is 5.78. The van der Waals surface area contributed by atoms with E-state index < -0.39 is 0 Å². The molecular weight excluding hydrogens is 352 g/mol. The van der Waals surface area contributed by atoms with Crippen LogP contribution in [0.3, 0.4) is 0 Å². The number of rotatable bonds is 7. The van der Waals surface area contributed by atoms with Gasteiger partial charge in [-0.25, -0.2) is 4.98 Å². The molecule has 3 rings (SSSR count). The number of benzene rings is 1. The van der Waals surface area contributed by atoms with E-state index in [0.717, 1.165) is 42.8 Å². The summed E-state index contributed by atoms with van der Waals surface area (Å²) < 4.78 is 1.85. The molecule has 0 spiro atoms. The van der Waals surface area contributed by atoms with Gasteiger partial charge in [-0.3, -0.25) is 14.3 Å². The molecule has 0 radical (unpaired) electrons. The molecule has 1 saturated heterocycles. The third-order valence-corrected chi connectivity index (χ3v) is 5.65. The van der Waals surface area contributed by atoms with Crippen LogP contribution in [0.2, 0.25) is 0 Å². The molecule has 1 aliphatic heterocycles. The third kappa shape index (κ3) is 4.29. The first-order valence-electron chi connectivity index (χ1n) is 10.6. The van der Waals surface area contributed by atoms with E-state index in [0.29, 0.717) is 30.4 Å². The number of hydrogen-bond acceptors (Lipinski definition) is 5. The lowest BCUT2D eigenvalue weighted by atomic mass is 10.0. The van der Waals surface area contributed by atoms with Crippen LogP contribution in [0.15, 0.2) is 23.0 Å². The van der Waals surface area contributed by atoms with Crippen LogP contribution in [0.4, 0.5) is 0 Å². The van der Waals surface area contributed by atoms with Crippen LogP contribution >= 0.6 is 0 Å². The standard InChI is InChI=1S/C22H34N4O2/c1-5-7-20(25-13-15(3)23-16(4)14-25)21-24-19-9-8-17(10-11-27)12-18(19)22(28)26(21)6-2/h8-9,12,15-16,20,23,27H,5-7,10-11,13-14H2,1-4H3/t15-,16+,20?. The average molecular weight is 387 g/mol. The number of nitrogens with one attached hydrogen (secondary N) is 1. The van der Waals surface area contributed by atoms with Crippen molar-refractivity contribution < 1.29 is 5.11 Å². The summed E-state index contributed by atoms with van der Waals surface area (Å²) in [5.41, 5.74) is 1.75. The Morgan fingerprint density at radius 3 is 2.57 bits per heavy atom. The minimum absolute atomic E-state index is 0.0274. The maximum Gasteiger partial charge on any atom is 0.261 e. The first-order chi connectivity index (χ1) is 13.5. The second kappa shape index (κ2) is 9.16. The first-order valence-corrected chi connectivity index (χ1v) is 10.6. The van der Waals surface area contributed by atoms with Gasteiger partial charge in [0.05, 0.1) is 16.9 Å². The average Bonchev–Trinajstić information content (AvgIpc) is 2.66. The number of aliphatic hydroxyl groups is 1. The van der Waals surface area contributed by atoms with Gasteiger partial charge in [-0.2, -0.15) is 0 Å². The van der Waals surface area contributed by atoms with E-state index >= 15 is 0 Å². The van der Waals surface area contributed by atoms with Gasteiger partial charge in [0.1, 0.15) is 5.82 Å². The zero-order chi connectivity index (χ0) is 20.3. The summed E-state index contributed by atoms with van der Waals surface area (Å²) in [6.45, 7) is 11.3. The molecule has 28 heavy (non-hydrogen) atoms. The second-order valence-electron chi connectivity index (χ2n) is 8.07. The van der Waals surface area contributed by atoms with Gasteiger partial charge in [0, 0.05) is 38.3 Å². The van der Waals surface area contributed by atoms with Crippen molar-refractivity contribution in [3.8, 4) is 0 Å². The molecule has 154 valence electrons. The van der Waals surface area contributed by atoms with Crippen LogP contribution in [0, 0.1) is 0 Å². The predicted octanol–water partition coefficient (Wildman–Crippen LogP) is 2.47. The molecule has 0 bridgehead atoms. The molecule has 0 aliphatic carbocycles. The molecular formula is C22H34N4O2. The Balaban J connectivity index is 2.10. The van der Waals surface area contributed by atoms with Crippen molar-refractivity contribution in [2.45, 2.75) is 71.6 Å². The smallest absolute Gasteiger partial charge is 0.261 e. The Bertz CT molecular complexity index is 853. The molecule has 0 amide bonds. The van der Waals surface area contributed by atoms with Crippen molar-refractivity contribution >= 4 is 10.9 Å². The van der Waals surface area contributed by atoms with Crippen molar-refractivity contribution in [2.75, 3.05) is 19.7 Å². The van der Waals surface area contributed by atoms with E-state index in [1.807, 2.05) is 29.7 Å². The van der Waals surface area contributed by atoms with Gasteiger partial charge < -0.3 is 10.4 Å². The lowest BCUT2D eigenvalue weighted by molar-refractivity contribution is 0.109. The van der Waals surface area contributed by atoms with Crippen LogP contribution in [0.1, 0.15) is 58.0 Å². The lowest BCUT2D eigenvalue weighted by Crippen LogP contribution is -2.55. The quantitative estimate of drug-likeness (QED) is 0.765. The largest absolute Gasteiger partial charge is 0.396 e. The molecule has 1 aromatic carbocycles. The van der Waals surface area contributed by atoms with Gasteiger partial charge in [0.2, 0.25) is 0 Å². The van der Waals surface area contributed by atoms with E-state index in [-0.39, 0.29) is 18.2 Å². The maximum atomic E-state index is 13.3. The predicted molar refractivity (Wildman–Crippen MR) is 114 cm³/mol. The topological polar surface area (TPSA) is 70.4 Å². The highest BCUT2D eigenvalue weighted by Crippen LogP contribution is 2.27. The highest BCUT2D eigenvalue weighted by Gasteiger charge is 2.30. The van der Waals surface area contributed by atoms with E-state index in [1.54, 1.807) is 0 Å². The fraction of sp³-hybridized carbons (Fsp3) is 0.636. The minimum atomic E-state index is 0.0274. The van der Waals surface area contributed by atoms with Crippen molar-refractivity contribution in [1.82, 2.24) is 19.8 Å². The molecule has 3 atom stereocenters. The van der Waals surface area contributed by atoms with Crippen molar-refractivity contribution in [3.05, 3.63) is 39.9 Å². The summed E-state index contributed by atoms with van der Waals surface area (Å²) in [5, 5.41) is 13.5. The van der Waals surface area contributed by atoms with Gasteiger partial charge in [-0.05, 0) is 51.3 Å². The summed E-state index contributed by atoms with van der Waals surface area (Å²) >= 11 is 0. The van der Waals surface area contributed by atoms with Crippen LogP contribution in [-0.2, 0) is 13.0 Å². The maximum absolute atomic E-state index is 13.3. The summed E-state index contributed by atoms with van der Waals surface area (Å²) in [5.74, 6) is 0.887. The van der Waals surface area contributed by atoms with Gasteiger partial charge in [-0.1, -0.05) is 19.4 Å². The summed E-state index contributed by atoms with van der Waals surface area (Å²) in [7, 11) is 0. The zero-order valence-electron chi connectivity index (χ0n) is 17.6. The molecule has 6 nitrogen and oxygen atoms in total. The molecule has 6 heteroatoms. The Morgan fingerprint density at radius 1 is 1.25 bits per heavy atom. The van der Waals surface area contributed by atoms with Crippen molar-refractivity contribution in [3.63, 3.8) is 0 Å². The van der Waals surface area contributed by atoms with E-state index in [4.69, 9.17) is 4.98 Å². The normalized spacial score (nSPS) is 21.9. The first kappa shape index (κ1) is 21.0. The number of fused-ring (bicyclic) bond motifs is 1. The van der Waals surface area contributed by atoms with Crippen LogP contribution in [0.5, 0.6) is 0 Å². The lowest BCUT2D eigenvalue weighted by Gasteiger charge is -2.41. The molecule has 0 saturated carbocycles. The second-order valence-corrected chi connectivity index (χ2v) is 8.07. The SMILES string of the molecule is CCCC(c1nc2ccc(CCO)cc2c(=O)n1CC)N1C[C@@H](C)N[C@@H](C)C1. The molecule has 2 N–H and O–H groups in total. The van der Waals surface area contributed by atoms with Gasteiger partial charge in [-0.15, -0.1) is 0 Å². The summed E-state index contributed by atoms with van der Waals surface area (Å²) in [4.78, 5) is 20.8. The molecule has 1 fully saturated rings. The van der Waals surface area contributed by atoms with Gasteiger partial charge >= 0.3 is 0 Å².